The molecule has 0 fully saturated rings. The molecule has 0 heterocycles. The molecule has 7 aromatic carbocycles. The first-order chi connectivity index (χ1) is 20.7. The standard InChI is InChI=1S/C40H28BrN/c41-33-20-24-35(25-21-33)42(34-22-18-32(19-23-34)38-17-9-15-30-14-7-8-16-37(30)38)36-26-27-39(29-10-3-1-4-11-29)40(28-36)31-12-5-2-6-13-31/h1-28H. The Morgan fingerprint density at radius 2 is 0.881 bits per heavy atom. The van der Waals surface area contributed by atoms with Crippen molar-refractivity contribution in [3.63, 3.8) is 0 Å². The van der Waals surface area contributed by atoms with Crippen molar-refractivity contribution >= 4 is 43.8 Å². The van der Waals surface area contributed by atoms with Crippen LogP contribution in [0.4, 0.5) is 17.1 Å². The van der Waals surface area contributed by atoms with E-state index in [9.17, 15) is 0 Å². The molecule has 0 spiro atoms. The molecular formula is C40H28BrN. The topological polar surface area (TPSA) is 3.24 Å². The minimum atomic E-state index is 1.06. The van der Waals surface area contributed by atoms with Crippen molar-refractivity contribution in [3.05, 3.63) is 174 Å². The predicted octanol–water partition coefficient (Wildman–Crippen LogP) is 12.1. The van der Waals surface area contributed by atoms with Crippen LogP contribution in [0, 0.1) is 0 Å². The van der Waals surface area contributed by atoms with Crippen LogP contribution in [0.25, 0.3) is 44.2 Å². The van der Waals surface area contributed by atoms with Gasteiger partial charge in [-0.1, -0.05) is 137 Å². The fourth-order valence-electron chi connectivity index (χ4n) is 5.70. The Kier molecular flexibility index (Phi) is 7.13. The van der Waals surface area contributed by atoms with Crippen LogP contribution in [0.3, 0.4) is 0 Å². The van der Waals surface area contributed by atoms with E-state index in [1.807, 2.05) is 0 Å². The molecule has 7 aromatic rings. The highest BCUT2D eigenvalue weighted by Crippen LogP contribution is 2.41. The molecule has 0 unspecified atom stereocenters. The van der Waals surface area contributed by atoms with E-state index in [-0.39, 0.29) is 0 Å². The zero-order valence-electron chi connectivity index (χ0n) is 23.0. The van der Waals surface area contributed by atoms with E-state index < -0.39 is 0 Å². The molecule has 0 saturated heterocycles. The van der Waals surface area contributed by atoms with Crippen LogP contribution < -0.4 is 4.90 Å². The Hall–Kier alpha value is -4.92. The fraction of sp³-hybridized carbons (Fsp3) is 0. The van der Waals surface area contributed by atoms with E-state index >= 15 is 0 Å². The molecule has 0 atom stereocenters. The van der Waals surface area contributed by atoms with Gasteiger partial charge >= 0.3 is 0 Å². The maximum atomic E-state index is 3.62. The van der Waals surface area contributed by atoms with Gasteiger partial charge in [0, 0.05) is 21.5 Å². The van der Waals surface area contributed by atoms with Crippen molar-refractivity contribution in [2.45, 2.75) is 0 Å². The largest absolute Gasteiger partial charge is 0.310 e. The molecule has 2 heteroatoms. The molecule has 0 bridgehead atoms. The summed E-state index contributed by atoms with van der Waals surface area (Å²) in [5.74, 6) is 0. The quantitative estimate of drug-likeness (QED) is 0.183. The van der Waals surface area contributed by atoms with E-state index in [4.69, 9.17) is 0 Å². The molecule has 0 aromatic heterocycles. The summed E-state index contributed by atoms with van der Waals surface area (Å²) < 4.78 is 1.06. The van der Waals surface area contributed by atoms with Gasteiger partial charge in [-0.15, -0.1) is 0 Å². The minimum Gasteiger partial charge on any atom is -0.310 e. The zero-order valence-corrected chi connectivity index (χ0v) is 24.6. The Morgan fingerprint density at radius 3 is 1.57 bits per heavy atom. The monoisotopic (exact) mass is 601 g/mol. The normalized spacial score (nSPS) is 11.0. The van der Waals surface area contributed by atoms with Crippen molar-refractivity contribution in [3.8, 4) is 33.4 Å². The molecule has 7 rings (SSSR count). The first kappa shape index (κ1) is 26.0. The van der Waals surface area contributed by atoms with Gasteiger partial charge in [-0.2, -0.15) is 0 Å². The van der Waals surface area contributed by atoms with E-state index in [0.29, 0.717) is 0 Å². The van der Waals surface area contributed by atoms with Crippen LogP contribution in [0.5, 0.6) is 0 Å². The fourth-order valence-corrected chi connectivity index (χ4v) is 5.97. The van der Waals surface area contributed by atoms with Crippen LogP contribution in [-0.4, -0.2) is 0 Å². The average molecular weight is 603 g/mol. The first-order valence-corrected chi connectivity index (χ1v) is 14.9. The Labute approximate surface area is 255 Å². The molecule has 0 radical (unpaired) electrons. The van der Waals surface area contributed by atoms with Crippen LogP contribution in [0.2, 0.25) is 0 Å². The van der Waals surface area contributed by atoms with Gasteiger partial charge in [-0.3, -0.25) is 0 Å². The van der Waals surface area contributed by atoms with Crippen molar-refractivity contribution in [1.29, 1.82) is 0 Å². The summed E-state index contributed by atoms with van der Waals surface area (Å²) in [6.07, 6.45) is 0. The van der Waals surface area contributed by atoms with E-state index in [1.54, 1.807) is 0 Å². The number of benzene rings is 7. The summed E-state index contributed by atoms with van der Waals surface area (Å²) in [6.45, 7) is 0. The molecule has 42 heavy (non-hydrogen) atoms. The van der Waals surface area contributed by atoms with Crippen LogP contribution in [0.15, 0.2) is 174 Å². The van der Waals surface area contributed by atoms with Crippen LogP contribution in [0.1, 0.15) is 0 Å². The molecule has 0 aliphatic carbocycles. The third-order valence-corrected chi connectivity index (χ3v) is 8.27. The highest BCUT2D eigenvalue weighted by atomic mass is 79.9. The van der Waals surface area contributed by atoms with Crippen molar-refractivity contribution in [2.24, 2.45) is 0 Å². The highest BCUT2D eigenvalue weighted by molar-refractivity contribution is 9.10. The van der Waals surface area contributed by atoms with Crippen molar-refractivity contribution in [2.75, 3.05) is 4.90 Å². The van der Waals surface area contributed by atoms with Crippen molar-refractivity contribution in [1.82, 2.24) is 0 Å². The second-order valence-corrected chi connectivity index (χ2v) is 11.3. The molecule has 0 amide bonds. The highest BCUT2D eigenvalue weighted by Gasteiger charge is 2.17. The Balaban J connectivity index is 1.37. The number of fused-ring (bicyclic) bond motifs is 1. The summed E-state index contributed by atoms with van der Waals surface area (Å²) in [7, 11) is 0. The maximum Gasteiger partial charge on any atom is 0.0468 e. The number of rotatable bonds is 6. The van der Waals surface area contributed by atoms with Gasteiger partial charge in [0.1, 0.15) is 0 Å². The average Bonchev–Trinajstić information content (AvgIpc) is 3.07. The lowest BCUT2D eigenvalue weighted by Gasteiger charge is -2.27. The van der Waals surface area contributed by atoms with Gasteiger partial charge in [0.25, 0.3) is 0 Å². The first-order valence-electron chi connectivity index (χ1n) is 14.1. The molecule has 200 valence electrons. The van der Waals surface area contributed by atoms with Gasteiger partial charge in [-0.05, 0) is 92.7 Å². The summed E-state index contributed by atoms with van der Waals surface area (Å²) in [6, 6.07) is 60.6. The van der Waals surface area contributed by atoms with E-state index in [2.05, 4.69) is 191 Å². The van der Waals surface area contributed by atoms with Crippen molar-refractivity contribution < 1.29 is 0 Å². The maximum absolute atomic E-state index is 3.62. The molecule has 0 N–H and O–H groups in total. The lowest BCUT2D eigenvalue weighted by Crippen LogP contribution is -2.10. The van der Waals surface area contributed by atoms with E-state index in [1.165, 1.54) is 44.2 Å². The van der Waals surface area contributed by atoms with Gasteiger partial charge in [0.05, 0.1) is 0 Å². The number of hydrogen-bond acceptors (Lipinski definition) is 1. The summed E-state index contributed by atoms with van der Waals surface area (Å²) in [5, 5.41) is 2.52. The van der Waals surface area contributed by atoms with E-state index in [0.717, 1.165) is 21.5 Å². The second kappa shape index (κ2) is 11.5. The predicted molar refractivity (Wildman–Crippen MR) is 183 cm³/mol. The zero-order chi connectivity index (χ0) is 28.3. The summed E-state index contributed by atoms with van der Waals surface area (Å²) in [4.78, 5) is 2.33. The lowest BCUT2D eigenvalue weighted by atomic mass is 9.93. The number of hydrogen-bond donors (Lipinski definition) is 0. The smallest absolute Gasteiger partial charge is 0.0468 e. The van der Waals surface area contributed by atoms with Gasteiger partial charge < -0.3 is 4.90 Å². The molecule has 1 nitrogen and oxygen atoms in total. The third kappa shape index (κ3) is 5.13. The Morgan fingerprint density at radius 1 is 0.357 bits per heavy atom. The second-order valence-electron chi connectivity index (χ2n) is 10.3. The number of halogens is 1. The summed E-state index contributed by atoms with van der Waals surface area (Å²) in [5.41, 5.74) is 10.6. The molecular weight excluding hydrogens is 574 g/mol. The summed E-state index contributed by atoms with van der Waals surface area (Å²) >= 11 is 3.62. The van der Waals surface area contributed by atoms with Crippen LogP contribution in [-0.2, 0) is 0 Å². The number of anilines is 3. The van der Waals surface area contributed by atoms with Gasteiger partial charge in [0.15, 0.2) is 0 Å². The van der Waals surface area contributed by atoms with Crippen LogP contribution >= 0.6 is 15.9 Å². The van der Waals surface area contributed by atoms with Gasteiger partial charge in [-0.25, -0.2) is 0 Å². The number of nitrogens with zero attached hydrogens (tertiary/aromatic N) is 1. The molecule has 0 aliphatic heterocycles. The van der Waals surface area contributed by atoms with Gasteiger partial charge in [0.2, 0.25) is 0 Å². The molecule has 0 saturated carbocycles. The SMILES string of the molecule is Brc1ccc(N(c2ccc(-c3cccc4ccccc34)cc2)c2ccc(-c3ccccc3)c(-c3ccccc3)c2)cc1. The minimum absolute atomic E-state index is 1.06. The Bertz CT molecular complexity index is 1960. The molecule has 0 aliphatic rings. The lowest BCUT2D eigenvalue weighted by molar-refractivity contribution is 1.28. The third-order valence-electron chi connectivity index (χ3n) is 7.74.